The first-order valence-corrected chi connectivity index (χ1v) is 4.46. The van der Waals surface area contributed by atoms with E-state index >= 15 is 0 Å². The number of benzene rings is 1. The Kier molecular flexibility index (Phi) is 3.07. The van der Waals surface area contributed by atoms with Crippen molar-refractivity contribution < 1.29 is 4.79 Å². The first-order valence-electron chi connectivity index (χ1n) is 4.08. The van der Waals surface area contributed by atoms with E-state index in [1.807, 2.05) is 6.92 Å². The lowest BCUT2D eigenvalue weighted by atomic mass is 10.0. The molecule has 1 rings (SSSR count). The summed E-state index contributed by atoms with van der Waals surface area (Å²) in [4.78, 5) is 11.4. The van der Waals surface area contributed by atoms with Crippen LogP contribution in [0, 0.1) is 6.92 Å². The lowest BCUT2D eigenvalue weighted by molar-refractivity contribution is 0.0968. The van der Waals surface area contributed by atoms with Crippen molar-refractivity contribution in [2.45, 2.75) is 19.9 Å². The van der Waals surface area contributed by atoms with Gasteiger partial charge in [-0.3, -0.25) is 4.79 Å². The Balaban J connectivity index is 3.04. The number of nitrogens with two attached hydrogens (primary N) is 1. The molecule has 1 unspecified atom stereocenters. The van der Waals surface area contributed by atoms with Crippen LogP contribution in [0.1, 0.15) is 22.8 Å². The van der Waals surface area contributed by atoms with Crippen molar-refractivity contribution in [3.05, 3.63) is 34.3 Å². The van der Waals surface area contributed by atoms with Crippen LogP contribution in [-0.2, 0) is 0 Å². The van der Waals surface area contributed by atoms with Crippen LogP contribution in [-0.4, -0.2) is 11.8 Å². The Morgan fingerprint density at radius 1 is 1.54 bits per heavy atom. The molecule has 0 aliphatic rings. The minimum Gasteiger partial charge on any atom is -0.321 e. The second-order valence-electron chi connectivity index (χ2n) is 3.12. The Hall–Kier alpha value is -0.860. The molecule has 13 heavy (non-hydrogen) atoms. The summed E-state index contributed by atoms with van der Waals surface area (Å²) in [6.45, 7) is 3.53. The lowest BCUT2D eigenvalue weighted by Crippen LogP contribution is -2.26. The van der Waals surface area contributed by atoms with Gasteiger partial charge in [-0.05, 0) is 37.6 Å². The fraction of sp³-hybridized carbons (Fsp3) is 0.300. The summed E-state index contributed by atoms with van der Waals surface area (Å²) >= 11 is 5.82. The van der Waals surface area contributed by atoms with Crippen LogP contribution in [0.2, 0.25) is 5.02 Å². The van der Waals surface area contributed by atoms with Gasteiger partial charge in [-0.25, -0.2) is 0 Å². The van der Waals surface area contributed by atoms with Crippen LogP contribution in [0.4, 0.5) is 0 Å². The molecule has 0 saturated carbocycles. The Bertz CT molecular complexity index is 334. The Morgan fingerprint density at radius 3 is 2.62 bits per heavy atom. The molecule has 1 atom stereocenters. The highest BCUT2D eigenvalue weighted by Crippen LogP contribution is 2.16. The number of ketones is 1. The lowest BCUT2D eigenvalue weighted by Gasteiger charge is -2.05. The van der Waals surface area contributed by atoms with E-state index in [1.165, 1.54) is 0 Å². The maximum Gasteiger partial charge on any atom is 0.179 e. The van der Waals surface area contributed by atoms with Gasteiger partial charge in [0.2, 0.25) is 0 Å². The number of carbonyl (C=O) groups is 1. The van der Waals surface area contributed by atoms with Crippen LogP contribution in [0.3, 0.4) is 0 Å². The summed E-state index contributed by atoms with van der Waals surface area (Å²) in [5.41, 5.74) is 6.99. The number of aryl methyl sites for hydroxylation is 1. The number of rotatable bonds is 2. The van der Waals surface area contributed by atoms with E-state index in [-0.39, 0.29) is 5.78 Å². The van der Waals surface area contributed by atoms with Gasteiger partial charge >= 0.3 is 0 Å². The quantitative estimate of drug-likeness (QED) is 0.739. The van der Waals surface area contributed by atoms with Gasteiger partial charge in [0.1, 0.15) is 0 Å². The average molecular weight is 198 g/mol. The van der Waals surface area contributed by atoms with Gasteiger partial charge in [0.15, 0.2) is 5.78 Å². The molecule has 0 aromatic heterocycles. The maximum absolute atomic E-state index is 11.4. The van der Waals surface area contributed by atoms with Gasteiger partial charge in [-0.1, -0.05) is 11.6 Å². The molecule has 3 heteroatoms. The molecule has 0 heterocycles. The SMILES string of the molecule is Cc1cc(C(=O)C(C)N)ccc1Cl. The summed E-state index contributed by atoms with van der Waals surface area (Å²) < 4.78 is 0. The molecule has 0 aliphatic carbocycles. The van der Waals surface area contributed by atoms with Crippen molar-refractivity contribution in [1.82, 2.24) is 0 Å². The molecular weight excluding hydrogens is 186 g/mol. The minimum atomic E-state index is -0.458. The first kappa shape index (κ1) is 10.2. The van der Waals surface area contributed by atoms with Crippen LogP contribution >= 0.6 is 11.6 Å². The Labute approximate surface area is 82.7 Å². The predicted octanol–water partition coefficient (Wildman–Crippen LogP) is 2.18. The van der Waals surface area contributed by atoms with Gasteiger partial charge in [0, 0.05) is 10.6 Å². The highest BCUT2D eigenvalue weighted by atomic mass is 35.5. The van der Waals surface area contributed by atoms with Crippen molar-refractivity contribution in [3.8, 4) is 0 Å². The summed E-state index contributed by atoms with van der Waals surface area (Å²) in [6, 6.07) is 4.71. The molecule has 0 bridgehead atoms. The molecular formula is C10H12ClNO. The molecule has 2 N–H and O–H groups in total. The van der Waals surface area contributed by atoms with E-state index in [0.717, 1.165) is 5.56 Å². The zero-order valence-electron chi connectivity index (χ0n) is 7.67. The van der Waals surface area contributed by atoms with Crippen LogP contribution < -0.4 is 5.73 Å². The number of carbonyl (C=O) groups excluding carboxylic acids is 1. The number of hydrogen-bond donors (Lipinski definition) is 1. The highest BCUT2D eigenvalue weighted by molar-refractivity contribution is 6.31. The molecule has 0 saturated heterocycles. The zero-order chi connectivity index (χ0) is 10.0. The maximum atomic E-state index is 11.4. The smallest absolute Gasteiger partial charge is 0.179 e. The molecule has 0 fully saturated rings. The van der Waals surface area contributed by atoms with Crippen molar-refractivity contribution in [1.29, 1.82) is 0 Å². The summed E-state index contributed by atoms with van der Waals surface area (Å²) in [5, 5.41) is 0.668. The minimum absolute atomic E-state index is 0.0558. The van der Waals surface area contributed by atoms with Gasteiger partial charge in [0.05, 0.1) is 6.04 Å². The first-order chi connectivity index (χ1) is 6.02. The largest absolute Gasteiger partial charge is 0.321 e. The fourth-order valence-electron chi connectivity index (χ4n) is 1.06. The van der Waals surface area contributed by atoms with E-state index in [1.54, 1.807) is 25.1 Å². The van der Waals surface area contributed by atoms with Gasteiger partial charge in [-0.2, -0.15) is 0 Å². The summed E-state index contributed by atoms with van der Waals surface area (Å²) in [6.07, 6.45) is 0. The van der Waals surface area contributed by atoms with Crippen LogP contribution in [0.15, 0.2) is 18.2 Å². The molecule has 1 aromatic carbocycles. The van der Waals surface area contributed by atoms with Gasteiger partial charge < -0.3 is 5.73 Å². The standard InChI is InChI=1S/C10H12ClNO/c1-6-5-8(3-4-9(6)11)10(13)7(2)12/h3-5,7H,12H2,1-2H3. The number of halogens is 1. The molecule has 0 spiro atoms. The zero-order valence-corrected chi connectivity index (χ0v) is 8.43. The van der Waals surface area contributed by atoms with E-state index in [0.29, 0.717) is 10.6 Å². The van der Waals surface area contributed by atoms with Crippen molar-refractivity contribution >= 4 is 17.4 Å². The third-order valence-corrected chi connectivity index (χ3v) is 2.28. The predicted molar refractivity (Wildman–Crippen MR) is 54.2 cm³/mol. The van der Waals surface area contributed by atoms with Crippen molar-refractivity contribution in [3.63, 3.8) is 0 Å². The molecule has 1 aromatic rings. The third-order valence-electron chi connectivity index (χ3n) is 1.86. The van der Waals surface area contributed by atoms with Gasteiger partial charge in [-0.15, -0.1) is 0 Å². The number of Topliss-reactive ketones (excluding diaryl/α,β-unsaturated/α-hetero) is 1. The monoisotopic (exact) mass is 197 g/mol. The Morgan fingerprint density at radius 2 is 2.15 bits per heavy atom. The topological polar surface area (TPSA) is 43.1 Å². The molecule has 0 aliphatic heterocycles. The average Bonchev–Trinajstić information content (AvgIpc) is 2.08. The highest BCUT2D eigenvalue weighted by Gasteiger charge is 2.10. The normalized spacial score (nSPS) is 12.6. The summed E-state index contributed by atoms with van der Waals surface area (Å²) in [5.74, 6) is -0.0558. The third kappa shape index (κ3) is 2.29. The molecule has 0 radical (unpaired) electrons. The van der Waals surface area contributed by atoms with E-state index in [9.17, 15) is 4.79 Å². The van der Waals surface area contributed by atoms with E-state index < -0.39 is 6.04 Å². The summed E-state index contributed by atoms with van der Waals surface area (Å²) in [7, 11) is 0. The molecule has 0 amide bonds. The van der Waals surface area contributed by atoms with E-state index in [2.05, 4.69) is 0 Å². The van der Waals surface area contributed by atoms with Crippen molar-refractivity contribution in [2.75, 3.05) is 0 Å². The van der Waals surface area contributed by atoms with Crippen LogP contribution in [0.5, 0.6) is 0 Å². The van der Waals surface area contributed by atoms with Crippen molar-refractivity contribution in [2.24, 2.45) is 5.73 Å². The van der Waals surface area contributed by atoms with E-state index in [4.69, 9.17) is 17.3 Å². The second kappa shape index (κ2) is 3.90. The molecule has 2 nitrogen and oxygen atoms in total. The van der Waals surface area contributed by atoms with Crippen LogP contribution in [0.25, 0.3) is 0 Å². The second-order valence-corrected chi connectivity index (χ2v) is 3.52. The fourth-order valence-corrected chi connectivity index (χ4v) is 1.18. The van der Waals surface area contributed by atoms with Gasteiger partial charge in [0.25, 0.3) is 0 Å². The number of hydrogen-bond acceptors (Lipinski definition) is 2. The molecule has 70 valence electrons.